The molecule has 5 heteroatoms. The summed E-state index contributed by atoms with van der Waals surface area (Å²) in [4.78, 5) is 2.09. The minimum atomic E-state index is -0.545. The zero-order valence-corrected chi connectivity index (χ0v) is 10.9. The number of hydrogen-bond donors (Lipinski definition) is 2. The maximum Gasteiger partial charge on any atom is 0.130 e. The van der Waals surface area contributed by atoms with Crippen LogP contribution in [0.15, 0.2) is 12.1 Å². The van der Waals surface area contributed by atoms with E-state index in [9.17, 15) is 8.78 Å². The Hall–Kier alpha value is -1.04. The molecular weight excluding hydrogens is 250 g/mol. The summed E-state index contributed by atoms with van der Waals surface area (Å²) in [6.45, 7) is 1.83. The smallest absolute Gasteiger partial charge is 0.130 e. The van der Waals surface area contributed by atoms with Crippen molar-refractivity contribution >= 4 is 0 Å². The van der Waals surface area contributed by atoms with Gasteiger partial charge in [-0.2, -0.15) is 0 Å². The second kappa shape index (κ2) is 6.41. The van der Waals surface area contributed by atoms with E-state index < -0.39 is 11.6 Å². The molecule has 0 saturated carbocycles. The van der Waals surface area contributed by atoms with Gasteiger partial charge in [0, 0.05) is 37.4 Å². The van der Waals surface area contributed by atoms with Gasteiger partial charge in [-0.05, 0) is 37.4 Å². The highest BCUT2D eigenvalue weighted by molar-refractivity contribution is 5.36. The van der Waals surface area contributed by atoms with Gasteiger partial charge < -0.3 is 10.8 Å². The zero-order valence-electron chi connectivity index (χ0n) is 10.9. The monoisotopic (exact) mass is 270 g/mol. The maximum atomic E-state index is 13.7. The Morgan fingerprint density at radius 3 is 2.74 bits per heavy atom. The lowest BCUT2D eigenvalue weighted by Crippen LogP contribution is -2.28. The summed E-state index contributed by atoms with van der Waals surface area (Å²) in [5.41, 5.74) is 6.99. The first-order chi connectivity index (χ1) is 9.17. The molecule has 0 fully saturated rings. The Bertz CT molecular complexity index is 440. The van der Waals surface area contributed by atoms with E-state index in [4.69, 9.17) is 10.8 Å². The number of nitrogens with two attached hydrogens (primary N) is 1. The molecule has 1 aromatic carbocycles. The molecule has 106 valence electrons. The first-order valence-corrected chi connectivity index (χ1v) is 6.70. The van der Waals surface area contributed by atoms with Crippen molar-refractivity contribution in [2.24, 2.45) is 5.73 Å². The molecule has 2 rings (SSSR count). The number of fused-ring (bicyclic) bond motifs is 1. The normalized spacial score (nSPS) is 18.8. The molecule has 0 bridgehead atoms. The van der Waals surface area contributed by atoms with Crippen LogP contribution in [0.5, 0.6) is 0 Å². The van der Waals surface area contributed by atoms with Gasteiger partial charge >= 0.3 is 0 Å². The molecule has 0 radical (unpaired) electrons. The van der Waals surface area contributed by atoms with Crippen molar-refractivity contribution in [1.29, 1.82) is 0 Å². The van der Waals surface area contributed by atoms with Crippen molar-refractivity contribution < 1.29 is 13.9 Å². The van der Waals surface area contributed by atoms with E-state index in [-0.39, 0.29) is 12.6 Å². The van der Waals surface area contributed by atoms with Crippen molar-refractivity contribution in [1.82, 2.24) is 4.90 Å². The standard InChI is InChI=1S/C14H20F2N2O/c15-10-6-11-12(13(16)7-10)9-18(14(11)8-17)4-2-1-3-5-19/h6-7,14,19H,1-5,8-9,17H2. The fraction of sp³-hybridized carbons (Fsp3) is 0.571. The summed E-state index contributed by atoms with van der Waals surface area (Å²) in [5.74, 6) is -1.02. The van der Waals surface area contributed by atoms with Crippen molar-refractivity contribution in [2.45, 2.75) is 31.8 Å². The van der Waals surface area contributed by atoms with Gasteiger partial charge in [0.1, 0.15) is 11.6 Å². The minimum absolute atomic E-state index is 0.102. The van der Waals surface area contributed by atoms with Crippen molar-refractivity contribution in [3.05, 3.63) is 34.9 Å². The summed E-state index contributed by atoms with van der Waals surface area (Å²) >= 11 is 0. The minimum Gasteiger partial charge on any atom is -0.396 e. The zero-order chi connectivity index (χ0) is 13.8. The number of aliphatic hydroxyl groups excluding tert-OH is 1. The lowest BCUT2D eigenvalue weighted by Gasteiger charge is -2.23. The van der Waals surface area contributed by atoms with E-state index >= 15 is 0 Å². The van der Waals surface area contributed by atoms with Crippen LogP contribution in [0.25, 0.3) is 0 Å². The average molecular weight is 270 g/mol. The molecule has 1 atom stereocenters. The second-order valence-corrected chi connectivity index (χ2v) is 4.96. The molecule has 0 spiro atoms. The van der Waals surface area contributed by atoms with Gasteiger partial charge in [0.2, 0.25) is 0 Å². The summed E-state index contributed by atoms with van der Waals surface area (Å²) in [6, 6.07) is 2.22. The lowest BCUT2D eigenvalue weighted by atomic mass is 10.0. The lowest BCUT2D eigenvalue weighted by molar-refractivity contribution is 0.209. The number of unbranched alkanes of at least 4 members (excludes halogenated alkanes) is 2. The van der Waals surface area contributed by atoms with E-state index in [1.807, 2.05) is 0 Å². The van der Waals surface area contributed by atoms with Gasteiger partial charge in [-0.25, -0.2) is 8.78 Å². The molecule has 0 amide bonds. The number of rotatable bonds is 6. The van der Waals surface area contributed by atoms with Gasteiger partial charge in [0.25, 0.3) is 0 Å². The topological polar surface area (TPSA) is 49.5 Å². The Kier molecular flexibility index (Phi) is 4.85. The highest BCUT2D eigenvalue weighted by Gasteiger charge is 2.31. The van der Waals surface area contributed by atoms with Gasteiger partial charge in [0.15, 0.2) is 0 Å². The predicted molar refractivity (Wildman–Crippen MR) is 69.5 cm³/mol. The summed E-state index contributed by atoms with van der Waals surface area (Å²) in [7, 11) is 0. The Morgan fingerprint density at radius 2 is 2.05 bits per heavy atom. The van der Waals surface area contributed by atoms with Crippen LogP contribution in [0.3, 0.4) is 0 Å². The molecule has 1 heterocycles. The second-order valence-electron chi connectivity index (χ2n) is 4.96. The molecule has 1 unspecified atom stereocenters. The van der Waals surface area contributed by atoms with E-state index in [1.54, 1.807) is 0 Å². The Morgan fingerprint density at radius 1 is 1.26 bits per heavy atom. The molecule has 3 nitrogen and oxygen atoms in total. The van der Waals surface area contributed by atoms with Crippen LogP contribution in [0.2, 0.25) is 0 Å². The van der Waals surface area contributed by atoms with Crippen LogP contribution in [-0.2, 0) is 6.54 Å². The first kappa shape index (κ1) is 14.4. The molecule has 0 saturated heterocycles. The SMILES string of the molecule is NCC1c2cc(F)cc(F)c2CN1CCCCCO. The largest absolute Gasteiger partial charge is 0.396 e. The number of hydrogen-bond acceptors (Lipinski definition) is 3. The van der Waals surface area contributed by atoms with E-state index in [0.29, 0.717) is 24.2 Å². The molecule has 0 aliphatic carbocycles. The van der Waals surface area contributed by atoms with Crippen LogP contribution in [-0.4, -0.2) is 29.7 Å². The van der Waals surface area contributed by atoms with Gasteiger partial charge in [0.05, 0.1) is 0 Å². The van der Waals surface area contributed by atoms with E-state index in [1.165, 1.54) is 6.07 Å². The predicted octanol–water partition coefficient (Wildman–Crippen LogP) is 1.94. The Balaban J connectivity index is 2.07. The summed E-state index contributed by atoms with van der Waals surface area (Å²) in [6.07, 6.45) is 2.63. The molecule has 1 aliphatic heterocycles. The van der Waals surface area contributed by atoms with E-state index in [0.717, 1.165) is 31.9 Å². The molecule has 3 N–H and O–H groups in total. The Labute approximate surface area is 112 Å². The number of halogens is 2. The molecule has 1 aliphatic rings. The third-order valence-corrected chi connectivity index (χ3v) is 3.68. The van der Waals surface area contributed by atoms with Gasteiger partial charge in [-0.3, -0.25) is 4.90 Å². The number of nitrogens with zero attached hydrogens (tertiary/aromatic N) is 1. The maximum absolute atomic E-state index is 13.7. The van der Waals surface area contributed by atoms with Crippen LogP contribution >= 0.6 is 0 Å². The van der Waals surface area contributed by atoms with Crippen LogP contribution < -0.4 is 5.73 Å². The molecule has 1 aromatic rings. The first-order valence-electron chi connectivity index (χ1n) is 6.70. The van der Waals surface area contributed by atoms with Crippen LogP contribution in [0, 0.1) is 11.6 Å². The molecular formula is C14H20F2N2O. The highest BCUT2D eigenvalue weighted by atomic mass is 19.1. The van der Waals surface area contributed by atoms with Crippen LogP contribution in [0.4, 0.5) is 8.78 Å². The third-order valence-electron chi connectivity index (χ3n) is 3.68. The van der Waals surface area contributed by atoms with Crippen LogP contribution in [0.1, 0.15) is 36.4 Å². The van der Waals surface area contributed by atoms with Gasteiger partial charge in [-0.1, -0.05) is 0 Å². The quantitative estimate of drug-likeness (QED) is 0.777. The highest BCUT2D eigenvalue weighted by Crippen LogP contribution is 2.35. The van der Waals surface area contributed by atoms with E-state index in [2.05, 4.69) is 4.90 Å². The fourth-order valence-corrected chi connectivity index (χ4v) is 2.71. The summed E-state index contributed by atoms with van der Waals surface area (Å²) in [5, 5.41) is 8.74. The number of aliphatic hydroxyl groups is 1. The molecule has 19 heavy (non-hydrogen) atoms. The average Bonchev–Trinajstić information content (AvgIpc) is 2.72. The molecule has 0 aromatic heterocycles. The van der Waals surface area contributed by atoms with Crippen molar-refractivity contribution in [2.75, 3.05) is 19.7 Å². The van der Waals surface area contributed by atoms with Crippen molar-refractivity contribution in [3.8, 4) is 0 Å². The third kappa shape index (κ3) is 3.11. The fourth-order valence-electron chi connectivity index (χ4n) is 2.71. The van der Waals surface area contributed by atoms with Gasteiger partial charge in [-0.15, -0.1) is 0 Å². The number of benzene rings is 1. The summed E-state index contributed by atoms with van der Waals surface area (Å²) < 4.78 is 27.0. The van der Waals surface area contributed by atoms with Crippen molar-refractivity contribution in [3.63, 3.8) is 0 Å².